The van der Waals surface area contributed by atoms with E-state index in [1.807, 2.05) is 13.8 Å². The fraction of sp³-hybridized carbons (Fsp3) is 0.900. The topological polar surface area (TPSA) is 60.8 Å². The summed E-state index contributed by atoms with van der Waals surface area (Å²) in [5.74, 6) is 0.139. The van der Waals surface area contributed by atoms with Gasteiger partial charge in [-0.3, -0.25) is 4.79 Å². The minimum Gasteiger partial charge on any atom is -0.393 e. The summed E-state index contributed by atoms with van der Waals surface area (Å²) in [7, 11) is 0. The second-order valence-corrected chi connectivity index (χ2v) is 4.36. The molecule has 14 heavy (non-hydrogen) atoms. The summed E-state index contributed by atoms with van der Waals surface area (Å²) in [6, 6.07) is 0. The van der Waals surface area contributed by atoms with Crippen LogP contribution >= 0.6 is 0 Å². The first-order chi connectivity index (χ1) is 6.48. The molecule has 4 nitrogen and oxygen atoms in total. The van der Waals surface area contributed by atoms with Gasteiger partial charge in [-0.2, -0.15) is 0 Å². The second kappa shape index (κ2) is 4.28. The molecule has 1 fully saturated rings. The number of hydrogen-bond donors (Lipinski definition) is 2. The maximum atomic E-state index is 11.6. The lowest BCUT2D eigenvalue weighted by atomic mass is 9.92. The summed E-state index contributed by atoms with van der Waals surface area (Å²) < 4.78 is 0. The molecule has 0 bridgehead atoms. The van der Waals surface area contributed by atoms with Gasteiger partial charge in [-0.25, -0.2) is 0 Å². The van der Waals surface area contributed by atoms with Gasteiger partial charge >= 0.3 is 0 Å². The minimum absolute atomic E-state index is 0.00955. The third kappa shape index (κ3) is 2.45. The second-order valence-electron chi connectivity index (χ2n) is 4.36. The third-order valence-corrected chi connectivity index (χ3v) is 2.79. The molecule has 0 aromatic carbocycles. The van der Waals surface area contributed by atoms with Gasteiger partial charge in [-0.05, 0) is 12.8 Å². The van der Waals surface area contributed by atoms with Crippen molar-refractivity contribution < 1.29 is 15.0 Å². The Morgan fingerprint density at radius 1 is 1.43 bits per heavy atom. The average molecular weight is 201 g/mol. The highest BCUT2D eigenvalue weighted by molar-refractivity contribution is 5.78. The van der Waals surface area contributed by atoms with E-state index in [9.17, 15) is 9.90 Å². The number of carbonyl (C=O) groups is 1. The third-order valence-electron chi connectivity index (χ3n) is 2.79. The van der Waals surface area contributed by atoms with E-state index in [1.54, 1.807) is 4.90 Å². The van der Waals surface area contributed by atoms with Crippen LogP contribution in [-0.2, 0) is 4.79 Å². The Morgan fingerprint density at radius 3 is 2.29 bits per heavy atom. The van der Waals surface area contributed by atoms with Crippen molar-refractivity contribution in [1.82, 2.24) is 4.90 Å². The van der Waals surface area contributed by atoms with Crippen molar-refractivity contribution in [2.45, 2.75) is 32.3 Å². The van der Waals surface area contributed by atoms with E-state index in [2.05, 4.69) is 0 Å². The number of nitrogens with zero attached hydrogens (tertiary/aromatic N) is 1. The molecular formula is C10H19NO3. The number of piperidine rings is 1. The van der Waals surface area contributed by atoms with Crippen molar-refractivity contribution in [3.05, 3.63) is 0 Å². The molecule has 2 N–H and O–H groups in total. The number of amides is 1. The van der Waals surface area contributed by atoms with Gasteiger partial charge in [0.05, 0.1) is 12.2 Å². The summed E-state index contributed by atoms with van der Waals surface area (Å²) in [6.07, 6.45) is 0.948. The highest BCUT2D eigenvalue weighted by Gasteiger charge is 2.33. The molecule has 82 valence electrons. The maximum absolute atomic E-state index is 11.6. The number of hydrogen-bond acceptors (Lipinski definition) is 3. The number of aliphatic hydroxyl groups is 2. The van der Waals surface area contributed by atoms with Crippen LogP contribution in [0.1, 0.15) is 26.7 Å². The molecule has 0 aromatic rings. The molecule has 1 aliphatic heterocycles. The number of rotatable bonds is 2. The SMILES string of the molecule is CC(C)C(=O)N1CCC(O)(CO)CC1. The molecule has 0 radical (unpaired) electrons. The van der Waals surface area contributed by atoms with Crippen LogP contribution in [0, 0.1) is 5.92 Å². The van der Waals surface area contributed by atoms with Gasteiger partial charge in [0.15, 0.2) is 0 Å². The van der Waals surface area contributed by atoms with E-state index in [4.69, 9.17) is 5.11 Å². The van der Waals surface area contributed by atoms with Crippen molar-refractivity contribution in [2.24, 2.45) is 5.92 Å². The van der Waals surface area contributed by atoms with Crippen molar-refractivity contribution in [1.29, 1.82) is 0 Å². The van der Waals surface area contributed by atoms with Crippen LogP contribution < -0.4 is 0 Å². The molecule has 4 heteroatoms. The molecule has 0 atom stereocenters. The molecule has 1 saturated heterocycles. The van der Waals surface area contributed by atoms with Crippen LogP contribution in [0.5, 0.6) is 0 Å². The highest BCUT2D eigenvalue weighted by atomic mass is 16.3. The fourth-order valence-electron chi connectivity index (χ4n) is 1.67. The number of likely N-dealkylation sites (tertiary alicyclic amines) is 1. The van der Waals surface area contributed by atoms with E-state index in [1.165, 1.54) is 0 Å². The Balaban J connectivity index is 2.47. The standard InChI is InChI=1S/C10H19NO3/c1-8(2)9(13)11-5-3-10(14,7-12)4-6-11/h8,12,14H,3-7H2,1-2H3. The van der Waals surface area contributed by atoms with Crippen LogP contribution in [0.4, 0.5) is 0 Å². The molecule has 1 rings (SSSR count). The molecule has 1 amide bonds. The molecular weight excluding hydrogens is 182 g/mol. The molecule has 0 aliphatic carbocycles. The fourth-order valence-corrected chi connectivity index (χ4v) is 1.67. The lowest BCUT2D eigenvalue weighted by Crippen LogP contribution is -2.49. The molecule has 0 unspecified atom stereocenters. The monoisotopic (exact) mass is 201 g/mol. The van der Waals surface area contributed by atoms with Gasteiger partial charge in [0.2, 0.25) is 5.91 Å². The van der Waals surface area contributed by atoms with Crippen molar-refractivity contribution in [2.75, 3.05) is 19.7 Å². The molecule has 0 saturated carbocycles. The quantitative estimate of drug-likeness (QED) is 0.660. The van der Waals surface area contributed by atoms with Gasteiger partial charge < -0.3 is 15.1 Å². The average Bonchev–Trinajstić information content (AvgIpc) is 2.18. The van der Waals surface area contributed by atoms with Crippen LogP contribution in [0.25, 0.3) is 0 Å². The first-order valence-corrected chi connectivity index (χ1v) is 5.10. The molecule has 1 heterocycles. The summed E-state index contributed by atoms with van der Waals surface area (Å²) in [5.41, 5.74) is -0.965. The largest absolute Gasteiger partial charge is 0.393 e. The zero-order valence-corrected chi connectivity index (χ0v) is 8.86. The van der Waals surface area contributed by atoms with Crippen LogP contribution in [-0.4, -0.2) is 46.3 Å². The molecule has 0 aromatic heterocycles. The normalized spacial score (nSPS) is 21.4. The minimum atomic E-state index is -0.965. The van der Waals surface area contributed by atoms with E-state index in [0.29, 0.717) is 25.9 Å². The zero-order chi connectivity index (χ0) is 10.8. The van der Waals surface area contributed by atoms with Gasteiger partial charge in [-0.1, -0.05) is 13.8 Å². The van der Waals surface area contributed by atoms with Gasteiger partial charge in [0.25, 0.3) is 0 Å². The smallest absolute Gasteiger partial charge is 0.225 e. The first-order valence-electron chi connectivity index (χ1n) is 5.10. The lowest BCUT2D eigenvalue weighted by Gasteiger charge is -2.37. The first kappa shape index (κ1) is 11.5. The van der Waals surface area contributed by atoms with Crippen LogP contribution in [0.3, 0.4) is 0 Å². The zero-order valence-electron chi connectivity index (χ0n) is 8.86. The molecule has 0 spiro atoms. The van der Waals surface area contributed by atoms with E-state index in [0.717, 1.165) is 0 Å². The summed E-state index contributed by atoms with van der Waals surface area (Å²) >= 11 is 0. The van der Waals surface area contributed by atoms with Crippen molar-refractivity contribution >= 4 is 5.91 Å². The predicted octanol–water partition coefficient (Wildman–Crippen LogP) is -0.0118. The number of aliphatic hydroxyl groups excluding tert-OH is 1. The van der Waals surface area contributed by atoms with E-state index >= 15 is 0 Å². The lowest BCUT2D eigenvalue weighted by molar-refractivity contribution is -0.140. The Kier molecular flexibility index (Phi) is 3.50. The summed E-state index contributed by atoms with van der Waals surface area (Å²) in [6.45, 7) is 4.63. The Bertz CT molecular complexity index is 207. The Hall–Kier alpha value is -0.610. The molecule has 1 aliphatic rings. The van der Waals surface area contributed by atoms with Gasteiger partial charge in [0, 0.05) is 19.0 Å². The predicted molar refractivity (Wildman–Crippen MR) is 52.7 cm³/mol. The summed E-state index contributed by atoms with van der Waals surface area (Å²) in [5, 5.41) is 18.7. The van der Waals surface area contributed by atoms with Crippen LogP contribution in [0.15, 0.2) is 0 Å². The van der Waals surface area contributed by atoms with E-state index < -0.39 is 5.60 Å². The highest BCUT2D eigenvalue weighted by Crippen LogP contribution is 2.22. The van der Waals surface area contributed by atoms with Crippen molar-refractivity contribution in [3.63, 3.8) is 0 Å². The number of carbonyl (C=O) groups excluding carboxylic acids is 1. The Labute approximate surface area is 84.5 Å². The van der Waals surface area contributed by atoms with Gasteiger partial charge in [-0.15, -0.1) is 0 Å². The van der Waals surface area contributed by atoms with Crippen LogP contribution in [0.2, 0.25) is 0 Å². The maximum Gasteiger partial charge on any atom is 0.225 e. The Morgan fingerprint density at radius 2 is 1.93 bits per heavy atom. The van der Waals surface area contributed by atoms with Crippen molar-refractivity contribution in [3.8, 4) is 0 Å². The van der Waals surface area contributed by atoms with Gasteiger partial charge in [0.1, 0.15) is 0 Å². The van der Waals surface area contributed by atoms with E-state index in [-0.39, 0.29) is 18.4 Å². The summed E-state index contributed by atoms with van der Waals surface area (Å²) in [4.78, 5) is 13.3.